The van der Waals surface area contributed by atoms with Crippen LogP contribution >= 0.6 is 11.6 Å². The number of rotatable bonds is 7. The number of amides is 1. The number of aromatic amines is 1. The zero-order valence-electron chi connectivity index (χ0n) is 14.8. The maximum Gasteiger partial charge on any atom is 0.344 e. The van der Waals surface area contributed by atoms with Crippen LogP contribution in [0.4, 0.5) is 0 Å². The average Bonchev–Trinajstić information content (AvgIpc) is 2.95. The van der Waals surface area contributed by atoms with E-state index in [-0.39, 0.29) is 19.6 Å². The molecule has 0 fully saturated rings. The lowest BCUT2D eigenvalue weighted by molar-refractivity contribution is -0.167. The molecule has 2 rings (SSSR count). The van der Waals surface area contributed by atoms with Crippen LogP contribution in [-0.4, -0.2) is 41.6 Å². The maximum atomic E-state index is 12.7. The lowest BCUT2D eigenvalue weighted by atomic mass is 9.90. The van der Waals surface area contributed by atoms with Crippen molar-refractivity contribution >= 4 is 40.3 Å². The molecule has 0 saturated heterocycles. The molecule has 0 atom stereocenters. The number of fused-ring (bicyclic) bond motifs is 1. The number of nitrogens with one attached hydrogen (secondary N) is 2. The summed E-state index contributed by atoms with van der Waals surface area (Å²) in [6.07, 6.45) is 1.54. The molecule has 0 radical (unpaired) electrons. The van der Waals surface area contributed by atoms with Gasteiger partial charge in [0.15, 0.2) is 0 Å². The molecule has 0 aliphatic rings. The Morgan fingerprint density at radius 2 is 1.77 bits per heavy atom. The summed E-state index contributed by atoms with van der Waals surface area (Å²) in [5, 5.41) is 3.78. The van der Waals surface area contributed by atoms with Gasteiger partial charge in [-0.2, -0.15) is 0 Å². The Labute approximate surface area is 156 Å². The van der Waals surface area contributed by atoms with Crippen molar-refractivity contribution in [3.8, 4) is 0 Å². The Balaban J connectivity index is 2.54. The van der Waals surface area contributed by atoms with Gasteiger partial charge in [0.2, 0.25) is 11.4 Å². The molecule has 26 heavy (non-hydrogen) atoms. The smallest absolute Gasteiger partial charge is 0.344 e. The second-order valence-corrected chi connectivity index (χ2v) is 6.14. The van der Waals surface area contributed by atoms with Gasteiger partial charge < -0.3 is 19.8 Å². The van der Waals surface area contributed by atoms with E-state index in [9.17, 15) is 14.4 Å². The van der Waals surface area contributed by atoms with Crippen LogP contribution in [0, 0.1) is 0 Å². The summed E-state index contributed by atoms with van der Waals surface area (Å²) in [7, 11) is 0. The van der Waals surface area contributed by atoms with Gasteiger partial charge in [-0.05, 0) is 31.5 Å². The molecule has 0 spiro atoms. The van der Waals surface area contributed by atoms with Crippen molar-refractivity contribution in [2.75, 3.05) is 13.2 Å². The lowest BCUT2D eigenvalue weighted by Crippen LogP contribution is -2.62. The standard InChI is InChI=1S/C18H21ClN2O5/c1-4-25-16(23)18(21-11(3)22,17(24)26-5-2)9-12-10-20-15-8-13(19)6-7-14(12)15/h6-8,10,20H,4-5,9H2,1-3H3,(H,21,22). The number of aromatic nitrogens is 1. The van der Waals surface area contributed by atoms with E-state index < -0.39 is 23.4 Å². The van der Waals surface area contributed by atoms with Gasteiger partial charge in [-0.25, -0.2) is 9.59 Å². The first-order valence-electron chi connectivity index (χ1n) is 8.22. The monoisotopic (exact) mass is 380 g/mol. The Bertz CT molecular complexity index is 812. The van der Waals surface area contributed by atoms with Crippen molar-refractivity contribution in [1.82, 2.24) is 10.3 Å². The number of ether oxygens (including phenoxy) is 2. The molecule has 0 aliphatic carbocycles. The van der Waals surface area contributed by atoms with E-state index in [1.807, 2.05) is 0 Å². The summed E-state index contributed by atoms with van der Waals surface area (Å²) in [5.41, 5.74) is -0.574. The van der Waals surface area contributed by atoms with E-state index in [0.29, 0.717) is 10.6 Å². The Morgan fingerprint density at radius 1 is 1.15 bits per heavy atom. The first-order chi connectivity index (χ1) is 12.3. The summed E-state index contributed by atoms with van der Waals surface area (Å²) < 4.78 is 10.1. The third-order valence-corrected chi connectivity index (χ3v) is 4.06. The molecule has 0 bridgehead atoms. The molecule has 0 aliphatic heterocycles. The highest BCUT2D eigenvalue weighted by atomic mass is 35.5. The van der Waals surface area contributed by atoms with Gasteiger partial charge >= 0.3 is 11.9 Å². The molecule has 7 nitrogen and oxygen atoms in total. The van der Waals surface area contributed by atoms with Crippen LogP contribution in [0.3, 0.4) is 0 Å². The predicted molar refractivity (Wildman–Crippen MR) is 96.8 cm³/mol. The largest absolute Gasteiger partial charge is 0.464 e. The molecule has 1 heterocycles. The minimum Gasteiger partial charge on any atom is -0.464 e. The fourth-order valence-electron chi connectivity index (χ4n) is 2.77. The van der Waals surface area contributed by atoms with E-state index in [1.54, 1.807) is 38.2 Å². The summed E-state index contributed by atoms with van der Waals surface area (Å²) in [6, 6.07) is 5.21. The van der Waals surface area contributed by atoms with Crippen molar-refractivity contribution in [3.05, 3.63) is 35.0 Å². The minimum absolute atomic E-state index is 0.0586. The fourth-order valence-corrected chi connectivity index (χ4v) is 2.95. The normalized spacial score (nSPS) is 11.2. The van der Waals surface area contributed by atoms with Crippen LogP contribution in [0.25, 0.3) is 10.9 Å². The van der Waals surface area contributed by atoms with Crippen LogP contribution in [-0.2, 0) is 30.3 Å². The number of benzene rings is 1. The fraction of sp³-hybridized carbons (Fsp3) is 0.389. The summed E-state index contributed by atoms with van der Waals surface area (Å²) in [4.78, 5) is 40.1. The van der Waals surface area contributed by atoms with Crippen molar-refractivity contribution in [3.63, 3.8) is 0 Å². The number of hydrogen-bond donors (Lipinski definition) is 2. The Morgan fingerprint density at radius 3 is 2.31 bits per heavy atom. The van der Waals surface area contributed by atoms with Crippen LogP contribution < -0.4 is 5.32 Å². The van der Waals surface area contributed by atoms with Gasteiger partial charge in [0.25, 0.3) is 0 Å². The average molecular weight is 381 g/mol. The molecule has 140 valence electrons. The molecule has 1 aromatic carbocycles. The Kier molecular flexibility index (Phi) is 6.26. The van der Waals surface area contributed by atoms with Crippen LogP contribution in [0.1, 0.15) is 26.3 Å². The number of carbonyl (C=O) groups excluding carboxylic acids is 3. The highest BCUT2D eigenvalue weighted by Gasteiger charge is 2.50. The van der Waals surface area contributed by atoms with E-state index in [4.69, 9.17) is 21.1 Å². The first-order valence-corrected chi connectivity index (χ1v) is 8.60. The summed E-state index contributed by atoms with van der Waals surface area (Å²) in [6.45, 7) is 4.58. The van der Waals surface area contributed by atoms with E-state index in [1.165, 1.54) is 6.92 Å². The van der Waals surface area contributed by atoms with Gasteiger partial charge in [-0.15, -0.1) is 0 Å². The molecule has 2 N–H and O–H groups in total. The molecule has 0 saturated carbocycles. The number of carbonyl (C=O) groups is 3. The van der Waals surface area contributed by atoms with Crippen molar-refractivity contribution in [2.45, 2.75) is 32.7 Å². The molecule has 2 aromatic rings. The second-order valence-electron chi connectivity index (χ2n) is 5.71. The van der Waals surface area contributed by atoms with Gasteiger partial charge in [0.05, 0.1) is 13.2 Å². The van der Waals surface area contributed by atoms with E-state index in [2.05, 4.69) is 10.3 Å². The molecule has 1 amide bonds. The van der Waals surface area contributed by atoms with Crippen molar-refractivity contribution in [2.24, 2.45) is 0 Å². The zero-order chi connectivity index (χ0) is 19.3. The predicted octanol–water partition coefficient (Wildman–Crippen LogP) is 2.36. The van der Waals surface area contributed by atoms with Gasteiger partial charge in [0.1, 0.15) is 0 Å². The molecular weight excluding hydrogens is 360 g/mol. The number of hydrogen-bond acceptors (Lipinski definition) is 5. The lowest BCUT2D eigenvalue weighted by Gasteiger charge is -2.29. The number of halogens is 1. The van der Waals surface area contributed by atoms with Crippen LogP contribution in [0.5, 0.6) is 0 Å². The quantitative estimate of drug-likeness (QED) is 0.567. The van der Waals surface area contributed by atoms with E-state index in [0.717, 1.165) is 10.9 Å². The second kappa shape index (κ2) is 8.23. The topological polar surface area (TPSA) is 97.5 Å². The maximum absolute atomic E-state index is 12.7. The van der Waals surface area contributed by atoms with Gasteiger partial charge in [0, 0.05) is 35.5 Å². The zero-order valence-corrected chi connectivity index (χ0v) is 15.6. The highest BCUT2D eigenvalue weighted by molar-refractivity contribution is 6.31. The van der Waals surface area contributed by atoms with Crippen molar-refractivity contribution in [1.29, 1.82) is 0 Å². The van der Waals surface area contributed by atoms with Gasteiger partial charge in [-0.3, -0.25) is 4.79 Å². The van der Waals surface area contributed by atoms with Crippen molar-refractivity contribution < 1.29 is 23.9 Å². The third kappa shape index (κ3) is 3.99. The molecule has 1 aromatic heterocycles. The Hall–Kier alpha value is -2.54. The minimum atomic E-state index is -1.97. The first kappa shape index (κ1) is 19.8. The summed E-state index contributed by atoms with van der Waals surface area (Å²) >= 11 is 5.99. The third-order valence-electron chi connectivity index (χ3n) is 3.82. The van der Waals surface area contributed by atoms with Gasteiger partial charge in [-0.1, -0.05) is 17.7 Å². The number of esters is 2. The molecule has 0 unspecified atom stereocenters. The summed E-state index contributed by atoms with van der Waals surface area (Å²) in [5.74, 6) is -2.28. The highest BCUT2D eigenvalue weighted by Crippen LogP contribution is 2.27. The van der Waals surface area contributed by atoms with E-state index >= 15 is 0 Å². The van der Waals surface area contributed by atoms with Crippen LogP contribution in [0.2, 0.25) is 5.02 Å². The molecular formula is C18H21ClN2O5. The SMILES string of the molecule is CCOC(=O)C(Cc1c[nH]c2cc(Cl)ccc12)(NC(C)=O)C(=O)OCC. The number of H-pyrrole nitrogens is 1. The molecule has 8 heteroatoms. The van der Waals surface area contributed by atoms with Crippen LogP contribution in [0.15, 0.2) is 24.4 Å².